The maximum absolute atomic E-state index is 5.50. The van der Waals surface area contributed by atoms with E-state index in [1.54, 1.807) is 7.11 Å². The Bertz CT molecular complexity index is 1520. The van der Waals surface area contributed by atoms with Crippen LogP contribution in [0.1, 0.15) is 72.2 Å². The topological polar surface area (TPSA) is 9.23 Å². The molecule has 0 aromatic heterocycles. The molecule has 2 rings (SSSR count). The average Bonchev–Trinajstić information content (AvgIpc) is 2.95. The number of benzene rings is 2. The summed E-state index contributed by atoms with van der Waals surface area (Å²) < 4.78 is 5.50. The molecule has 0 aliphatic rings. The van der Waals surface area contributed by atoms with Crippen molar-refractivity contribution in [2.24, 2.45) is 0 Å². The average molecular weight is 559 g/mol. The molecule has 42 heavy (non-hydrogen) atoms. The first-order valence-corrected chi connectivity index (χ1v) is 14.7. The van der Waals surface area contributed by atoms with Crippen LogP contribution in [-0.2, 0) is 0 Å². The Hall–Kier alpha value is -4.10. The van der Waals surface area contributed by atoms with Crippen molar-refractivity contribution in [3.05, 3.63) is 158 Å². The molecule has 0 heterocycles. The Kier molecular flexibility index (Phi) is 13.8. The van der Waals surface area contributed by atoms with Crippen LogP contribution in [0.15, 0.2) is 113 Å². The smallest absolute Gasteiger partial charge is 0.122 e. The van der Waals surface area contributed by atoms with Crippen LogP contribution in [-0.4, -0.2) is 7.11 Å². The van der Waals surface area contributed by atoms with Crippen LogP contribution in [0, 0.1) is 41.5 Å². The maximum atomic E-state index is 5.50. The van der Waals surface area contributed by atoms with Gasteiger partial charge in [0, 0.05) is 0 Å². The van der Waals surface area contributed by atoms with Crippen molar-refractivity contribution in [2.75, 3.05) is 7.11 Å². The number of hydrogen-bond donors (Lipinski definition) is 0. The van der Waals surface area contributed by atoms with Gasteiger partial charge in [-0.2, -0.15) is 0 Å². The molecule has 2 aromatic carbocycles. The molecule has 0 bridgehead atoms. The molecule has 0 aliphatic heterocycles. The Labute approximate surface area is 256 Å². The van der Waals surface area contributed by atoms with E-state index in [0.717, 1.165) is 5.75 Å². The second-order valence-electron chi connectivity index (χ2n) is 11.2. The molecule has 0 N–H and O–H groups in total. The van der Waals surface area contributed by atoms with Gasteiger partial charge in [0.2, 0.25) is 0 Å². The molecule has 0 atom stereocenters. The van der Waals surface area contributed by atoms with Gasteiger partial charge in [-0.15, -0.1) is 0 Å². The van der Waals surface area contributed by atoms with E-state index in [0.29, 0.717) is 0 Å². The van der Waals surface area contributed by atoms with Gasteiger partial charge in [-0.3, -0.25) is 0 Å². The van der Waals surface area contributed by atoms with Crippen molar-refractivity contribution in [3.8, 4) is 5.75 Å². The lowest BCUT2D eigenvalue weighted by Crippen LogP contribution is -1.95. The van der Waals surface area contributed by atoms with Gasteiger partial charge in [0.25, 0.3) is 0 Å². The largest absolute Gasteiger partial charge is 0.496 e. The van der Waals surface area contributed by atoms with Gasteiger partial charge >= 0.3 is 0 Å². The predicted octanol–water partition coefficient (Wildman–Crippen LogP) is 11.7. The maximum Gasteiger partial charge on any atom is 0.122 e. The highest BCUT2D eigenvalue weighted by Crippen LogP contribution is 2.28. The van der Waals surface area contributed by atoms with E-state index in [2.05, 4.69) is 173 Å². The summed E-state index contributed by atoms with van der Waals surface area (Å²) in [7, 11) is 1.73. The van der Waals surface area contributed by atoms with E-state index < -0.39 is 0 Å². The van der Waals surface area contributed by atoms with Crippen LogP contribution in [0.5, 0.6) is 5.75 Å². The second kappa shape index (κ2) is 17.0. The zero-order valence-corrected chi connectivity index (χ0v) is 27.7. The summed E-state index contributed by atoms with van der Waals surface area (Å²) in [6.45, 7) is 21.4. The van der Waals surface area contributed by atoms with E-state index >= 15 is 0 Å². The van der Waals surface area contributed by atoms with Crippen LogP contribution in [0.4, 0.5) is 0 Å². The molecule has 0 fully saturated rings. The molecule has 0 aliphatic carbocycles. The van der Waals surface area contributed by atoms with E-state index in [4.69, 9.17) is 4.74 Å². The fourth-order valence-electron chi connectivity index (χ4n) is 4.53. The standard InChI is InChI=1S/C41H50O/c1-29(18-14-20-31(3)22-26-39-34(6)25-24-33(5)36(39)8)16-12-13-17-30(2)19-15-21-32(4)23-27-40-35(7)28-41(42-11)38(10)37(40)9/h12-28H,1-11H3/b13-12+,18-14+,19-15+,26-22+,27-23+,29-16+,30-17+,31-20+,32-21+. The summed E-state index contributed by atoms with van der Waals surface area (Å²) in [6.07, 6.45) is 30.0. The third-order valence-electron chi connectivity index (χ3n) is 7.62. The highest BCUT2D eigenvalue weighted by atomic mass is 16.5. The summed E-state index contributed by atoms with van der Waals surface area (Å²) >= 11 is 0. The first kappa shape index (κ1) is 34.1. The number of aryl methyl sites for hydroxylation is 3. The highest BCUT2D eigenvalue weighted by molar-refractivity contribution is 5.64. The van der Waals surface area contributed by atoms with Crippen molar-refractivity contribution in [1.82, 2.24) is 0 Å². The van der Waals surface area contributed by atoms with Gasteiger partial charge < -0.3 is 4.74 Å². The number of hydrogen-bond acceptors (Lipinski definition) is 1. The zero-order valence-electron chi connectivity index (χ0n) is 27.7. The van der Waals surface area contributed by atoms with Crippen LogP contribution >= 0.6 is 0 Å². The summed E-state index contributed by atoms with van der Waals surface area (Å²) in [5.74, 6) is 0.950. The molecule has 0 unspecified atom stereocenters. The fraction of sp³-hybridized carbons (Fsp3) is 0.268. The fourth-order valence-corrected chi connectivity index (χ4v) is 4.53. The lowest BCUT2D eigenvalue weighted by Gasteiger charge is -2.13. The Morgan fingerprint density at radius 3 is 1.43 bits per heavy atom. The van der Waals surface area contributed by atoms with E-state index in [9.17, 15) is 0 Å². The van der Waals surface area contributed by atoms with Crippen LogP contribution < -0.4 is 4.74 Å². The number of allylic oxidation sites excluding steroid dienone is 16. The van der Waals surface area contributed by atoms with E-state index in [1.165, 1.54) is 66.8 Å². The van der Waals surface area contributed by atoms with Gasteiger partial charge in [0.1, 0.15) is 5.75 Å². The minimum atomic E-state index is 0.950. The third kappa shape index (κ3) is 10.7. The first-order chi connectivity index (χ1) is 19.9. The van der Waals surface area contributed by atoms with Gasteiger partial charge in [-0.1, -0.05) is 119 Å². The van der Waals surface area contributed by atoms with Crippen molar-refractivity contribution < 1.29 is 4.74 Å². The molecule has 1 heteroatoms. The molecule has 220 valence electrons. The minimum absolute atomic E-state index is 0.950. The number of rotatable bonds is 11. The summed E-state index contributed by atoms with van der Waals surface area (Å²) in [5.41, 5.74) is 15.1. The lowest BCUT2D eigenvalue weighted by atomic mass is 9.96. The Morgan fingerprint density at radius 1 is 0.500 bits per heavy atom. The van der Waals surface area contributed by atoms with Gasteiger partial charge in [-0.05, 0) is 120 Å². The van der Waals surface area contributed by atoms with Gasteiger partial charge in [0.05, 0.1) is 7.11 Å². The molecular formula is C41H50O. The predicted molar refractivity (Wildman–Crippen MR) is 188 cm³/mol. The summed E-state index contributed by atoms with van der Waals surface area (Å²) in [5, 5.41) is 0. The molecule has 0 saturated carbocycles. The Morgan fingerprint density at radius 2 is 0.929 bits per heavy atom. The molecule has 0 spiro atoms. The Balaban J connectivity index is 1.94. The molecule has 1 nitrogen and oxygen atoms in total. The third-order valence-corrected chi connectivity index (χ3v) is 7.62. The first-order valence-electron chi connectivity index (χ1n) is 14.7. The van der Waals surface area contributed by atoms with Crippen molar-refractivity contribution in [1.29, 1.82) is 0 Å². The molecule has 2 aromatic rings. The number of ether oxygens (including phenoxy) is 1. The number of methoxy groups -OCH3 is 1. The summed E-state index contributed by atoms with van der Waals surface area (Å²) in [4.78, 5) is 0. The monoisotopic (exact) mass is 558 g/mol. The van der Waals surface area contributed by atoms with Crippen molar-refractivity contribution in [3.63, 3.8) is 0 Å². The second-order valence-corrected chi connectivity index (χ2v) is 11.2. The van der Waals surface area contributed by atoms with Gasteiger partial charge in [0.15, 0.2) is 0 Å². The normalized spacial score (nSPS) is 14.2. The van der Waals surface area contributed by atoms with Crippen molar-refractivity contribution in [2.45, 2.75) is 69.2 Å². The van der Waals surface area contributed by atoms with Gasteiger partial charge in [-0.25, -0.2) is 0 Å². The molecule has 0 radical (unpaired) electrons. The van der Waals surface area contributed by atoms with Crippen LogP contribution in [0.25, 0.3) is 12.2 Å². The quantitative estimate of drug-likeness (QED) is 0.249. The zero-order chi connectivity index (χ0) is 31.2. The SMILES string of the molecule is COc1cc(C)c(/C=C/C(C)=C/C=C/C(C)=C/C=C/C=C(C)/C=C/C=C(C)/C=C/c2c(C)ccc(C)c2C)c(C)c1C. The van der Waals surface area contributed by atoms with E-state index in [-0.39, 0.29) is 0 Å². The molecule has 0 amide bonds. The van der Waals surface area contributed by atoms with Crippen molar-refractivity contribution >= 4 is 12.2 Å². The lowest BCUT2D eigenvalue weighted by molar-refractivity contribution is 0.411. The molecular weight excluding hydrogens is 508 g/mol. The van der Waals surface area contributed by atoms with Crippen LogP contribution in [0.3, 0.4) is 0 Å². The minimum Gasteiger partial charge on any atom is -0.496 e. The molecule has 0 saturated heterocycles. The summed E-state index contributed by atoms with van der Waals surface area (Å²) in [6, 6.07) is 6.50. The van der Waals surface area contributed by atoms with Crippen LogP contribution in [0.2, 0.25) is 0 Å². The highest BCUT2D eigenvalue weighted by Gasteiger charge is 2.08. The van der Waals surface area contributed by atoms with E-state index in [1.807, 2.05) is 0 Å².